The van der Waals surface area contributed by atoms with Gasteiger partial charge in [0.05, 0.1) is 23.2 Å². The first-order chi connectivity index (χ1) is 13.5. The van der Waals surface area contributed by atoms with Crippen molar-refractivity contribution in [1.82, 2.24) is 9.55 Å². The van der Waals surface area contributed by atoms with Gasteiger partial charge in [0, 0.05) is 0 Å². The molecule has 7 heteroatoms. The summed E-state index contributed by atoms with van der Waals surface area (Å²) in [6.07, 6.45) is 1.38. The molecule has 0 aliphatic heterocycles. The third-order valence-electron chi connectivity index (χ3n) is 4.18. The van der Waals surface area contributed by atoms with Crippen molar-refractivity contribution < 1.29 is 13.9 Å². The molecule has 0 aliphatic rings. The minimum atomic E-state index is -0.482. The second kappa shape index (κ2) is 9.01. The number of carbonyl (C=O) groups is 1. The van der Waals surface area contributed by atoms with Gasteiger partial charge in [-0.25, -0.2) is 9.37 Å². The lowest BCUT2D eigenvalue weighted by molar-refractivity contribution is -0.142. The predicted molar refractivity (Wildman–Crippen MR) is 108 cm³/mol. The second-order valence-electron chi connectivity index (χ2n) is 6.18. The topological polar surface area (TPSA) is 61.2 Å². The summed E-state index contributed by atoms with van der Waals surface area (Å²) in [5, 5.41) is 0.353. The molecular weight excluding hydrogens is 379 g/mol. The van der Waals surface area contributed by atoms with Crippen LogP contribution in [0.1, 0.15) is 26.7 Å². The van der Waals surface area contributed by atoms with Crippen LogP contribution in [0.2, 0.25) is 0 Å². The van der Waals surface area contributed by atoms with Gasteiger partial charge >= 0.3 is 5.97 Å². The Bertz CT molecular complexity index is 1030. The molecule has 3 aromatic rings. The first-order valence-electron chi connectivity index (χ1n) is 9.16. The van der Waals surface area contributed by atoms with Crippen LogP contribution in [0.3, 0.4) is 0 Å². The van der Waals surface area contributed by atoms with Crippen molar-refractivity contribution in [1.29, 1.82) is 0 Å². The van der Waals surface area contributed by atoms with Crippen LogP contribution in [0.5, 0.6) is 0 Å². The molecule has 0 fully saturated rings. The average molecular weight is 400 g/mol. The zero-order valence-electron chi connectivity index (χ0n) is 15.7. The molecule has 0 spiro atoms. The average Bonchev–Trinajstić information content (AvgIpc) is 2.69. The maximum absolute atomic E-state index is 13.4. The van der Waals surface area contributed by atoms with Gasteiger partial charge in [0.1, 0.15) is 11.1 Å². The van der Waals surface area contributed by atoms with Crippen LogP contribution < -0.4 is 5.56 Å². The van der Waals surface area contributed by atoms with Gasteiger partial charge in [0.25, 0.3) is 5.56 Å². The molecule has 0 unspecified atom stereocenters. The molecule has 28 heavy (non-hydrogen) atoms. The van der Waals surface area contributed by atoms with E-state index in [-0.39, 0.29) is 18.1 Å². The van der Waals surface area contributed by atoms with E-state index >= 15 is 0 Å². The number of thioether (sulfide) groups is 1. The third-order valence-corrected chi connectivity index (χ3v) is 5.38. The lowest BCUT2D eigenvalue weighted by atomic mass is 10.2. The highest BCUT2D eigenvalue weighted by Crippen LogP contribution is 2.28. The van der Waals surface area contributed by atoms with Crippen LogP contribution in [0.15, 0.2) is 58.5 Å². The number of benzene rings is 2. The van der Waals surface area contributed by atoms with E-state index in [9.17, 15) is 14.0 Å². The normalized spacial score (nSPS) is 12.1. The van der Waals surface area contributed by atoms with Crippen LogP contribution >= 0.6 is 11.8 Å². The standard InChI is InChI=1S/C21H21FN2O3S/c1-3-7-18(20(26)27-4-2)28-21-23-17-9-6-5-8-16(17)19(25)24(21)15-12-10-14(22)11-13-15/h5-6,8-13,18H,3-4,7H2,1-2H3/t18-/m0/s1. The molecule has 0 radical (unpaired) electrons. The Morgan fingerprint density at radius 3 is 2.57 bits per heavy atom. The zero-order chi connectivity index (χ0) is 20.1. The highest BCUT2D eigenvalue weighted by molar-refractivity contribution is 8.00. The molecule has 1 aromatic heterocycles. The van der Waals surface area contributed by atoms with Crippen LogP contribution in [0.4, 0.5) is 4.39 Å². The van der Waals surface area contributed by atoms with Crippen LogP contribution in [0, 0.1) is 5.82 Å². The lowest BCUT2D eigenvalue weighted by Gasteiger charge is -2.18. The van der Waals surface area contributed by atoms with Gasteiger partial charge in [-0.15, -0.1) is 0 Å². The largest absolute Gasteiger partial charge is 0.465 e. The molecule has 0 N–H and O–H groups in total. The fraction of sp³-hybridized carbons (Fsp3) is 0.286. The molecule has 0 amide bonds. The van der Waals surface area contributed by atoms with E-state index in [0.29, 0.717) is 28.2 Å². The summed E-state index contributed by atoms with van der Waals surface area (Å²) in [4.78, 5) is 30.2. The van der Waals surface area contributed by atoms with Gasteiger partial charge in [-0.3, -0.25) is 14.2 Å². The van der Waals surface area contributed by atoms with Gasteiger partial charge in [-0.05, 0) is 49.7 Å². The molecule has 146 valence electrons. The maximum atomic E-state index is 13.4. The van der Waals surface area contributed by atoms with E-state index in [4.69, 9.17) is 4.74 Å². The van der Waals surface area contributed by atoms with Crippen molar-refractivity contribution in [2.45, 2.75) is 37.1 Å². The summed E-state index contributed by atoms with van der Waals surface area (Å²) < 4.78 is 20.0. The van der Waals surface area contributed by atoms with Gasteiger partial charge < -0.3 is 4.74 Å². The van der Waals surface area contributed by atoms with Crippen molar-refractivity contribution in [3.8, 4) is 5.69 Å². The Morgan fingerprint density at radius 2 is 1.89 bits per heavy atom. The minimum absolute atomic E-state index is 0.265. The number of carbonyl (C=O) groups excluding carboxylic acids is 1. The molecule has 0 saturated heterocycles. The quantitative estimate of drug-likeness (QED) is 0.335. The van der Waals surface area contributed by atoms with E-state index in [0.717, 1.165) is 6.42 Å². The van der Waals surface area contributed by atoms with Gasteiger partial charge in [-0.1, -0.05) is 37.2 Å². The number of esters is 1. The van der Waals surface area contributed by atoms with Crippen molar-refractivity contribution in [3.05, 3.63) is 64.7 Å². The van der Waals surface area contributed by atoms with Gasteiger partial charge in [0.15, 0.2) is 5.16 Å². The zero-order valence-corrected chi connectivity index (χ0v) is 16.5. The number of rotatable bonds is 7. The number of aromatic nitrogens is 2. The molecule has 1 heterocycles. The molecular formula is C21H21FN2O3S. The Morgan fingerprint density at radius 1 is 1.18 bits per heavy atom. The molecule has 2 aromatic carbocycles. The fourth-order valence-electron chi connectivity index (χ4n) is 2.86. The van der Waals surface area contributed by atoms with Crippen LogP contribution in [0.25, 0.3) is 16.6 Å². The molecule has 0 aliphatic carbocycles. The van der Waals surface area contributed by atoms with Crippen molar-refractivity contribution in [2.24, 2.45) is 0 Å². The Hall–Kier alpha value is -2.67. The summed E-state index contributed by atoms with van der Waals surface area (Å²) in [6, 6.07) is 12.7. The number of halogens is 1. The summed E-state index contributed by atoms with van der Waals surface area (Å²) in [7, 11) is 0. The molecule has 1 atom stereocenters. The monoisotopic (exact) mass is 400 g/mol. The summed E-state index contributed by atoms with van der Waals surface area (Å²) in [5.41, 5.74) is 0.776. The van der Waals surface area contributed by atoms with E-state index in [1.165, 1.54) is 40.6 Å². The maximum Gasteiger partial charge on any atom is 0.319 e. The van der Waals surface area contributed by atoms with Crippen molar-refractivity contribution in [3.63, 3.8) is 0 Å². The highest BCUT2D eigenvalue weighted by Gasteiger charge is 2.24. The van der Waals surface area contributed by atoms with E-state index in [1.54, 1.807) is 31.2 Å². The SMILES string of the molecule is CCC[C@H](Sc1nc2ccccc2c(=O)n1-c1ccc(F)cc1)C(=O)OCC. The first kappa shape index (κ1) is 20.1. The summed E-state index contributed by atoms with van der Waals surface area (Å²) >= 11 is 1.20. The van der Waals surface area contributed by atoms with Gasteiger partial charge in [0.2, 0.25) is 0 Å². The smallest absolute Gasteiger partial charge is 0.319 e. The summed E-state index contributed by atoms with van der Waals surface area (Å²) in [6.45, 7) is 4.03. The Balaban J connectivity index is 2.16. The number of para-hydroxylation sites is 1. The van der Waals surface area contributed by atoms with Crippen molar-refractivity contribution in [2.75, 3.05) is 6.61 Å². The molecule has 3 rings (SSSR count). The highest BCUT2D eigenvalue weighted by atomic mass is 32.2. The van der Waals surface area contributed by atoms with E-state index in [1.807, 2.05) is 6.92 Å². The molecule has 0 saturated carbocycles. The number of hydrogen-bond acceptors (Lipinski definition) is 5. The first-order valence-corrected chi connectivity index (χ1v) is 10.0. The summed E-state index contributed by atoms with van der Waals surface area (Å²) in [5.74, 6) is -0.724. The lowest BCUT2D eigenvalue weighted by Crippen LogP contribution is -2.25. The fourth-order valence-corrected chi connectivity index (χ4v) is 4.08. The Labute approximate surface area is 166 Å². The number of ether oxygens (including phenoxy) is 1. The van der Waals surface area contributed by atoms with Crippen molar-refractivity contribution >= 4 is 28.6 Å². The number of fused-ring (bicyclic) bond motifs is 1. The molecule has 0 bridgehead atoms. The van der Waals surface area contributed by atoms with Crippen LogP contribution in [-0.4, -0.2) is 27.4 Å². The van der Waals surface area contributed by atoms with E-state index in [2.05, 4.69) is 4.98 Å². The van der Waals surface area contributed by atoms with Crippen LogP contribution in [-0.2, 0) is 9.53 Å². The molecule has 5 nitrogen and oxygen atoms in total. The number of hydrogen-bond donors (Lipinski definition) is 0. The van der Waals surface area contributed by atoms with E-state index < -0.39 is 11.1 Å². The second-order valence-corrected chi connectivity index (χ2v) is 7.35. The van der Waals surface area contributed by atoms with Gasteiger partial charge in [-0.2, -0.15) is 0 Å². The predicted octanol–water partition coefficient (Wildman–Crippen LogP) is 4.35. The third kappa shape index (κ3) is 4.25. The number of nitrogens with zero attached hydrogens (tertiary/aromatic N) is 2. The Kier molecular flexibility index (Phi) is 6.46. The minimum Gasteiger partial charge on any atom is -0.465 e.